The van der Waals surface area contributed by atoms with Crippen LogP contribution in [0, 0.1) is 0 Å². The topological polar surface area (TPSA) is 133 Å². The molecule has 0 heterocycles. The SMILES string of the molecule is NC(=O)CN(CC(N)=O)C(=O)CC(N)=S. The van der Waals surface area contributed by atoms with Crippen molar-refractivity contribution in [2.24, 2.45) is 17.2 Å². The van der Waals surface area contributed by atoms with Gasteiger partial charge in [0.15, 0.2) is 0 Å². The zero-order valence-electron chi connectivity index (χ0n) is 7.93. The minimum atomic E-state index is -0.743. The molecule has 0 rings (SSSR count). The highest BCUT2D eigenvalue weighted by molar-refractivity contribution is 7.80. The molecule has 0 aliphatic rings. The standard InChI is InChI=1S/C7H12N4O3S/c8-4(12)2-11(3-5(9)13)7(14)1-6(10)15/h1-3H2,(H2,8,12)(H2,9,13)(H2,10,15). The Morgan fingerprint density at radius 3 is 1.67 bits per heavy atom. The third kappa shape index (κ3) is 6.38. The average Bonchev–Trinajstić information content (AvgIpc) is 1.99. The van der Waals surface area contributed by atoms with Crippen molar-refractivity contribution in [1.29, 1.82) is 0 Å². The van der Waals surface area contributed by atoms with Crippen molar-refractivity contribution in [3.63, 3.8) is 0 Å². The number of carbonyl (C=O) groups excluding carboxylic acids is 3. The molecule has 0 unspecified atom stereocenters. The fourth-order valence-electron chi connectivity index (χ4n) is 0.869. The van der Waals surface area contributed by atoms with Crippen LogP contribution < -0.4 is 17.2 Å². The number of nitrogens with two attached hydrogens (primary N) is 3. The molecule has 0 atom stereocenters. The third-order valence-corrected chi connectivity index (χ3v) is 1.52. The highest BCUT2D eigenvalue weighted by Crippen LogP contribution is 1.94. The van der Waals surface area contributed by atoms with Crippen LogP contribution in [0.2, 0.25) is 0 Å². The van der Waals surface area contributed by atoms with Gasteiger partial charge in [0.2, 0.25) is 17.7 Å². The summed E-state index contributed by atoms with van der Waals surface area (Å²) in [6, 6.07) is 0. The quantitative estimate of drug-likeness (QED) is 0.434. The molecular weight excluding hydrogens is 220 g/mol. The van der Waals surface area contributed by atoms with Crippen LogP contribution in [-0.4, -0.2) is 40.7 Å². The molecule has 7 nitrogen and oxygen atoms in total. The maximum absolute atomic E-state index is 11.4. The molecule has 15 heavy (non-hydrogen) atoms. The monoisotopic (exact) mass is 232 g/mol. The van der Waals surface area contributed by atoms with Gasteiger partial charge in [-0.1, -0.05) is 12.2 Å². The van der Waals surface area contributed by atoms with Crippen molar-refractivity contribution in [2.75, 3.05) is 13.1 Å². The van der Waals surface area contributed by atoms with Crippen LogP contribution >= 0.6 is 12.2 Å². The van der Waals surface area contributed by atoms with Crippen molar-refractivity contribution in [3.05, 3.63) is 0 Å². The van der Waals surface area contributed by atoms with Gasteiger partial charge in [-0.05, 0) is 0 Å². The van der Waals surface area contributed by atoms with Crippen LogP contribution in [0.3, 0.4) is 0 Å². The second-order valence-electron chi connectivity index (χ2n) is 2.83. The first-order valence-corrected chi connectivity index (χ1v) is 4.36. The predicted octanol–water partition coefficient (Wildman–Crippen LogP) is -2.54. The molecule has 0 spiro atoms. The third-order valence-electron chi connectivity index (χ3n) is 1.37. The Kier molecular flexibility index (Phi) is 5.24. The smallest absolute Gasteiger partial charge is 0.237 e. The molecule has 3 amide bonds. The first-order valence-electron chi connectivity index (χ1n) is 3.95. The number of nitrogens with zero attached hydrogens (tertiary/aromatic N) is 1. The second-order valence-corrected chi connectivity index (χ2v) is 3.35. The molecule has 0 aliphatic heterocycles. The lowest BCUT2D eigenvalue weighted by molar-refractivity contribution is -0.137. The molecule has 0 bridgehead atoms. The van der Waals surface area contributed by atoms with Gasteiger partial charge in [-0.3, -0.25) is 14.4 Å². The minimum absolute atomic E-state index is 0.0288. The number of primary amides is 2. The number of hydrogen-bond acceptors (Lipinski definition) is 4. The van der Waals surface area contributed by atoms with Crippen LogP contribution in [0.25, 0.3) is 0 Å². The molecule has 0 aliphatic carbocycles. The van der Waals surface area contributed by atoms with Gasteiger partial charge in [0, 0.05) is 0 Å². The Morgan fingerprint density at radius 2 is 1.40 bits per heavy atom. The van der Waals surface area contributed by atoms with Gasteiger partial charge in [0.1, 0.15) is 0 Å². The lowest BCUT2D eigenvalue weighted by atomic mass is 10.3. The predicted molar refractivity (Wildman–Crippen MR) is 56.4 cm³/mol. The van der Waals surface area contributed by atoms with E-state index in [9.17, 15) is 14.4 Å². The maximum Gasteiger partial charge on any atom is 0.237 e. The van der Waals surface area contributed by atoms with Gasteiger partial charge >= 0.3 is 0 Å². The molecule has 84 valence electrons. The first kappa shape index (κ1) is 13.3. The summed E-state index contributed by atoms with van der Waals surface area (Å²) in [5.74, 6) is -2.04. The Morgan fingerprint density at radius 1 is 1.00 bits per heavy atom. The number of thiocarbonyl (C=S) groups is 1. The van der Waals surface area contributed by atoms with E-state index in [1.165, 1.54) is 0 Å². The van der Waals surface area contributed by atoms with E-state index >= 15 is 0 Å². The summed E-state index contributed by atoms with van der Waals surface area (Å²) in [6.45, 7) is -0.769. The fraction of sp³-hybridized carbons (Fsp3) is 0.429. The van der Waals surface area contributed by atoms with Crippen molar-refractivity contribution in [2.45, 2.75) is 6.42 Å². The summed E-state index contributed by atoms with van der Waals surface area (Å²) in [5.41, 5.74) is 14.9. The molecule has 0 saturated carbocycles. The van der Waals surface area contributed by atoms with Crippen molar-refractivity contribution >= 4 is 34.9 Å². The van der Waals surface area contributed by atoms with Crippen molar-refractivity contribution in [3.8, 4) is 0 Å². The Balaban J connectivity index is 4.46. The minimum Gasteiger partial charge on any atom is -0.393 e. The number of amides is 3. The van der Waals surface area contributed by atoms with Crippen molar-refractivity contribution < 1.29 is 14.4 Å². The highest BCUT2D eigenvalue weighted by Gasteiger charge is 2.18. The molecule has 0 fully saturated rings. The number of hydrogen-bond donors (Lipinski definition) is 3. The zero-order valence-corrected chi connectivity index (χ0v) is 8.75. The summed E-state index contributed by atoms with van der Waals surface area (Å²) in [6.07, 6.45) is -0.226. The summed E-state index contributed by atoms with van der Waals surface area (Å²) in [5, 5.41) is 0. The number of rotatable bonds is 6. The normalized spacial score (nSPS) is 9.33. The van der Waals surface area contributed by atoms with E-state index < -0.39 is 17.7 Å². The lowest BCUT2D eigenvalue weighted by Crippen LogP contribution is -2.44. The van der Waals surface area contributed by atoms with E-state index in [0.717, 1.165) is 4.90 Å². The zero-order chi connectivity index (χ0) is 12.0. The van der Waals surface area contributed by atoms with Gasteiger partial charge in [-0.15, -0.1) is 0 Å². The van der Waals surface area contributed by atoms with Gasteiger partial charge in [0.05, 0.1) is 24.5 Å². The molecular formula is C7H12N4O3S. The largest absolute Gasteiger partial charge is 0.393 e. The molecule has 6 N–H and O–H groups in total. The van der Waals surface area contributed by atoms with Gasteiger partial charge in [-0.2, -0.15) is 0 Å². The molecule has 0 radical (unpaired) electrons. The summed E-state index contributed by atoms with van der Waals surface area (Å²) < 4.78 is 0. The Labute approximate surface area is 91.6 Å². The molecule has 0 aromatic rings. The summed E-state index contributed by atoms with van der Waals surface area (Å²) in [7, 11) is 0. The van der Waals surface area contributed by atoms with Gasteiger partial charge in [0.25, 0.3) is 0 Å². The van der Waals surface area contributed by atoms with Crippen LogP contribution in [0.1, 0.15) is 6.42 Å². The van der Waals surface area contributed by atoms with Crippen molar-refractivity contribution in [1.82, 2.24) is 4.90 Å². The fourth-order valence-corrected chi connectivity index (χ4v) is 0.993. The Hall–Kier alpha value is -1.70. The summed E-state index contributed by atoms with van der Waals surface area (Å²) in [4.78, 5) is 33.4. The van der Waals surface area contributed by atoms with Gasteiger partial charge in [-0.25, -0.2) is 0 Å². The molecule has 0 saturated heterocycles. The van der Waals surface area contributed by atoms with E-state index in [4.69, 9.17) is 17.2 Å². The molecule has 0 aromatic heterocycles. The van der Waals surface area contributed by atoms with Gasteiger partial charge < -0.3 is 22.1 Å². The highest BCUT2D eigenvalue weighted by atomic mass is 32.1. The lowest BCUT2D eigenvalue weighted by Gasteiger charge is -2.18. The number of carbonyl (C=O) groups is 3. The first-order chi connectivity index (χ1) is 6.82. The van der Waals surface area contributed by atoms with E-state index in [-0.39, 0.29) is 24.5 Å². The van der Waals surface area contributed by atoms with E-state index in [1.807, 2.05) is 0 Å². The van der Waals surface area contributed by atoms with Crippen LogP contribution in [0.4, 0.5) is 0 Å². The van der Waals surface area contributed by atoms with E-state index in [2.05, 4.69) is 12.2 Å². The summed E-state index contributed by atoms with van der Waals surface area (Å²) >= 11 is 4.52. The van der Waals surface area contributed by atoms with E-state index in [0.29, 0.717) is 0 Å². The average molecular weight is 232 g/mol. The molecule has 8 heteroatoms. The second kappa shape index (κ2) is 5.91. The maximum atomic E-state index is 11.4. The van der Waals surface area contributed by atoms with Crippen LogP contribution in [-0.2, 0) is 14.4 Å². The van der Waals surface area contributed by atoms with E-state index in [1.54, 1.807) is 0 Å². The molecule has 0 aromatic carbocycles. The van der Waals surface area contributed by atoms with Crippen LogP contribution in [0.15, 0.2) is 0 Å². The van der Waals surface area contributed by atoms with Crippen LogP contribution in [0.5, 0.6) is 0 Å². The Bertz CT molecular complexity index is 289.